The van der Waals surface area contributed by atoms with E-state index in [2.05, 4.69) is 58.9 Å². The number of hydrogen-bond acceptors (Lipinski definition) is 2. The van der Waals surface area contributed by atoms with Gasteiger partial charge in [-0.2, -0.15) is 0 Å². The second kappa shape index (κ2) is 11.0. The molecule has 0 aliphatic carbocycles. The third-order valence-corrected chi connectivity index (χ3v) is 3.52. The van der Waals surface area contributed by atoms with Crippen LogP contribution in [0.15, 0.2) is 53.5 Å². The summed E-state index contributed by atoms with van der Waals surface area (Å²) >= 11 is 0. The fraction of sp³-hybridized carbons (Fsp3) is 0.316. The van der Waals surface area contributed by atoms with Crippen LogP contribution in [0.5, 0.6) is 0 Å². The zero-order valence-corrected chi connectivity index (χ0v) is 17.3. The molecule has 6 heteroatoms. The van der Waals surface area contributed by atoms with Gasteiger partial charge in [-0.1, -0.05) is 36.4 Å². The second-order valence-corrected chi connectivity index (χ2v) is 5.97. The molecule has 0 amide bonds. The summed E-state index contributed by atoms with van der Waals surface area (Å²) in [5.41, 5.74) is 3.36. The third kappa shape index (κ3) is 7.83. The highest BCUT2D eigenvalue weighted by atomic mass is 127. The molecule has 0 fully saturated rings. The van der Waals surface area contributed by atoms with E-state index in [1.54, 1.807) is 13.1 Å². The van der Waals surface area contributed by atoms with Crippen molar-refractivity contribution >= 4 is 29.9 Å². The van der Waals surface area contributed by atoms with E-state index in [0.717, 1.165) is 12.1 Å². The molecule has 0 atom stereocenters. The highest BCUT2D eigenvalue weighted by Crippen LogP contribution is 2.07. The molecule has 0 aromatic heterocycles. The topological polar surface area (TPSA) is 39.7 Å². The van der Waals surface area contributed by atoms with E-state index in [4.69, 9.17) is 0 Å². The van der Waals surface area contributed by atoms with E-state index in [1.165, 1.54) is 23.3 Å². The van der Waals surface area contributed by atoms with Crippen LogP contribution >= 0.6 is 24.0 Å². The number of guanidine groups is 1. The van der Waals surface area contributed by atoms with Gasteiger partial charge in [0.1, 0.15) is 5.82 Å². The van der Waals surface area contributed by atoms with Crippen molar-refractivity contribution in [2.45, 2.75) is 19.6 Å². The van der Waals surface area contributed by atoms with Gasteiger partial charge in [-0.05, 0) is 42.9 Å². The van der Waals surface area contributed by atoms with E-state index in [9.17, 15) is 4.39 Å². The van der Waals surface area contributed by atoms with Crippen molar-refractivity contribution in [1.82, 2.24) is 15.5 Å². The Morgan fingerprint density at radius 3 is 2.08 bits per heavy atom. The van der Waals surface area contributed by atoms with Gasteiger partial charge in [-0.15, -0.1) is 24.0 Å². The molecule has 0 aliphatic heterocycles. The molecule has 0 saturated heterocycles. The van der Waals surface area contributed by atoms with Crippen molar-refractivity contribution in [2.24, 2.45) is 4.99 Å². The minimum absolute atomic E-state index is 0. The number of nitrogens with zero attached hydrogens (tertiary/aromatic N) is 2. The summed E-state index contributed by atoms with van der Waals surface area (Å²) in [7, 11) is 5.84. The summed E-state index contributed by atoms with van der Waals surface area (Å²) < 4.78 is 13.2. The molecule has 2 aromatic rings. The molecule has 0 aliphatic rings. The first-order valence-corrected chi connectivity index (χ1v) is 7.98. The lowest BCUT2D eigenvalue weighted by molar-refractivity contribution is 0.402. The molecule has 0 saturated carbocycles. The lowest BCUT2D eigenvalue weighted by Crippen LogP contribution is -2.36. The Morgan fingerprint density at radius 2 is 1.52 bits per heavy atom. The van der Waals surface area contributed by atoms with E-state index in [0.29, 0.717) is 19.0 Å². The molecular weight excluding hydrogens is 430 g/mol. The fourth-order valence-corrected chi connectivity index (χ4v) is 2.44. The fourth-order valence-electron chi connectivity index (χ4n) is 2.44. The number of hydrogen-bond donors (Lipinski definition) is 2. The van der Waals surface area contributed by atoms with Crippen LogP contribution in [0.4, 0.5) is 4.39 Å². The Morgan fingerprint density at radius 1 is 0.960 bits per heavy atom. The molecule has 136 valence electrons. The van der Waals surface area contributed by atoms with E-state index >= 15 is 0 Å². The summed E-state index contributed by atoms with van der Waals surface area (Å²) in [5, 5.41) is 6.48. The van der Waals surface area contributed by atoms with Gasteiger partial charge >= 0.3 is 0 Å². The maximum absolute atomic E-state index is 13.2. The zero-order chi connectivity index (χ0) is 17.4. The SMILES string of the molecule is CN=C(NCc1cccc(F)c1)NCc1cccc(CN(C)C)c1.I. The molecule has 2 rings (SSSR count). The normalized spacial score (nSPS) is 11.2. The lowest BCUT2D eigenvalue weighted by atomic mass is 10.1. The summed E-state index contributed by atoms with van der Waals surface area (Å²) in [5.74, 6) is 0.465. The predicted molar refractivity (Wildman–Crippen MR) is 113 cm³/mol. The van der Waals surface area contributed by atoms with Crippen molar-refractivity contribution in [3.8, 4) is 0 Å². The van der Waals surface area contributed by atoms with Crippen molar-refractivity contribution in [3.05, 3.63) is 71.0 Å². The van der Waals surface area contributed by atoms with Crippen molar-refractivity contribution in [3.63, 3.8) is 0 Å². The summed E-state index contributed by atoms with van der Waals surface area (Å²) in [6, 6.07) is 15.0. The molecule has 25 heavy (non-hydrogen) atoms. The van der Waals surface area contributed by atoms with Gasteiger partial charge in [0.15, 0.2) is 5.96 Å². The highest BCUT2D eigenvalue weighted by molar-refractivity contribution is 14.0. The number of rotatable bonds is 6. The van der Waals surface area contributed by atoms with Gasteiger partial charge in [0, 0.05) is 26.7 Å². The van der Waals surface area contributed by atoms with Gasteiger partial charge in [0.2, 0.25) is 0 Å². The van der Waals surface area contributed by atoms with Crippen LogP contribution in [0.3, 0.4) is 0 Å². The largest absolute Gasteiger partial charge is 0.352 e. The van der Waals surface area contributed by atoms with E-state index in [-0.39, 0.29) is 29.8 Å². The van der Waals surface area contributed by atoms with Crippen LogP contribution in [-0.2, 0) is 19.6 Å². The molecule has 0 bridgehead atoms. The Bertz CT molecular complexity index is 689. The van der Waals surface area contributed by atoms with Crippen LogP contribution in [0, 0.1) is 5.82 Å². The minimum atomic E-state index is -0.227. The first kappa shape index (κ1) is 21.4. The van der Waals surface area contributed by atoms with Crippen LogP contribution in [0.2, 0.25) is 0 Å². The maximum atomic E-state index is 13.2. The van der Waals surface area contributed by atoms with Crippen molar-refractivity contribution in [2.75, 3.05) is 21.1 Å². The predicted octanol–water partition coefficient (Wildman–Crippen LogP) is 3.37. The Labute approximate surface area is 166 Å². The standard InChI is InChI=1S/C19H25FN4.HI/c1-21-19(23-13-16-7-5-9-18(20)11-16)22-12-15-6-4-8-17(10-15)14-24(2)3;/h4-11H,12-14H2,1-3H3,(H2,21,22,23);1H. The van der Waals surface area contributed by atoms with Crippen LogP contribution in [-0.4, -0.2) is 32.0 Å². The van der Waals surface area contributed by atoms with E-state index < -0.39 is 0 Å². The Balaban J connectivity index is 0.00000312. The Kier molecular flexibility index (Phi) is 9.44. The van der Waals surface area contributed by atoms with Crippen molar-refractivity contribution < 1.29 is 4.39 Å². The average Bonchev–Trinajstić information content (AvgIpc) is 2.55. The highest BCUT2D eigenvalue weighted by Gasteiger charge is 2.02. The van der Waals surface area contributed by atoms with Gasteiger partial charge in [-0.3, -0.25) is 4.99 Å². The molecule has 2 N–H and O–H groups in total. The van der Waals surface area contributed by atoms with Crippen LogP contribution < -0.4 is 10.6 Å². The summed E-state index contributed by atoms with van der Waals surface area (Å²) in [6.07, 6.45) is 0. The van der Waals surface area contributed by atoms with E-state index in [1.807, 2.05) is 6.07 Å². The maximum Gasteiger partial charge on any atom is 0.191 e. The third-order valence-electron chi connectivity index (χ3n) is 3.52. The van der Waals surface area contributed by atoms with Gasteiger partial charge < -0.3 is 15.5 Å². The smallest absolute Gasteiger partial charge is 0.191 e. The van der Waals surface area contributed by atoms with Gasteiger partial charge in [-0.25, -0.2) is 4.39 Å². The zero-order valence-electron chi connectivity index (χ0n) is 14.9. The number of aliphatic imine (C=N–C) groups is 1. The Hall–Kier alpha value is -1.67. The molecule has 0 heterocycles. The van der Waals surface area contributed by atoms with Gasteiger partial charge in [0.05, 0.1) is 0 Å². The first-order valence-electron chi connectivity index (χ1n) is 7.98. The monoisotopic (exact) mass is 456 g/mol. The first-order chi connectivity index (χ1) is 11.6. The molecule has 0 spiro atoms. The molecule has 0 unspecified atom stereocenters. The minimum Gasteiger partial charge on any atom is -0.352 e. The summed E-state index contributed by atoms with van der Waals surface area (Å²) in [6.45, 7) is 2.13. The number of benzene rings is 2. The van der Waals surface area contributed by atoms with Crippen LogP contribution in [0.1, 0.15) is 16.7 Å². The average molecular weight is 456 g/mol. The second-order valence-electron chi connectivity index (χ2n) is 5.97. The quantitative estimate of drug-likeness (QED) is 0.398. The molecule has 2 aromatic carbocycles. The van der Waals surface area contributed by atoms with Crippen LogP contribution in [0.25, 0.3) is 0 Å². The number of nitrogens with one attached hydrogen (secondary N) is 2. The molecule has 4 nitrogen and oxygen atoms in total. The molecular formula is C19H26FIN4. The number of halogens is 2. The van der Waals surface area contributed by atoms with Gasteiger partial charge in [0.25, 0.3) is 0 Å². The lowest BCUT2D eigenvalue weighted by Gasteiger charge is -2.14. The molecule has 0 radical (unpaired) electrons. The summed E-state index contributed by atoms with van der Waals surface area (Å²) in [4.78, 5) is 6.35. The van der Waals surface area contributed by atoms with Crippen molar-refractivity contribution in [1.29, 1.82) is 0 Å².